The molecule has 0 atom stereocenters. The van der Waals surface area contributed by atoms with E-state index in [0.717, 1.165) is 6.42 Å². The molecular weight excluding hydrogens is 332 g/mol. The number of carbonyl (C=O) groups is 1. The molecule has 1 amide bonds. The minimum absolute atomic E-state index is 0.154. The van der Waals surface area contributed by atoms with Gasteiger partial charge in [0.25, 0.3) is 11.5 Å². The first-order valence-corrected chi connectivity index (χ1v) is 8.26. The maximum Gasteiger partial charge on any atom is 0.261 e. The summed E-state index contributed by atoms with van der Waals surface area (Å²) in [5.41, 5.74) is 6.24. The quantitative estimate of drug-likeness (QED) is 0.645. The van der Waals surface area contributed by atoms with Crippen molar-refractivity contribution in [2.45, 2.75) is 13.3 Å². The number of aryl methyl sites for hydroxylation is 1. The van der Waals surface area contributed by atoms with E-state index >= 15 is 0 Å². The number of amides is 1. The van der Waals surface area contributed by atoms with Crippen LogP contribution in [0.15, 0.2) is 41.5 Å². The molecule has 0 bridgehead atoms. The first kappa shape index (κ1) is 17.4. The fraction of sp³-hybridized carbons (Fsp3) is 0.222. The van der Waals surface area contributed by atoms with E-state index in [1.54, 1.807) is 37.5 Å². The van der Waals surface area contributed by atoms with Gasteiger partial charge in [0.1, 0.15) is 17.5 Å². The number of aromatic nitrogens is 3. The number of hydrogen-bond acceptors (Lipinski definition) is 6. The molecular formula is C18H20N6O2. The van der Waals surface area contributed by atoms with Crippen molar-refractivity contribution in [2.24, 2.45) is 7.05 Å². The Balaban J connectivity index is 1.84. The van der Waals surface area contributed by atoms with Crippen LogP contribution in [0.2, 0.25) is 0 Å². The molecule has 0 unspecified atom stereocenters. The fourth-order valence-electron chi connectivity index (χ4n) is 2.52. The Bertz CT molecular complexity index is 1010. The van der Waals surface area contributed by atoms with Crippen molar-refractivity contribution in [3.05, 3.63) is 52.6 Å². The van der Waals surface area contributed by atoms with Crippen LogP contribution in [0.5, 0.6) is 0 Å². The first-order chi connectivity index (χ1) is 12.5. The van der Waals surface area contributed by atoms with Gasteiger partial charge in [-0.2, -0.15) is 0 Å². The number of fused-ring (bicyclic) bond motifs is 1. The second-order valence-electron chi connectivity index (χ2n) is 5.90. The molecule has 0 saturated heterocycles. The predicted molar refractivity (Wildman–Crippen MR) is 102 cm³/mol. The molecule has 8 nitrogen and oxygen atoms in total. The summed E-state index contributed by atoms with van der Waals surface area (Å²) in [4.78, 5) is 32.5. The molecule has 134 valence electrons. The zero-order valence-electron chi connectivity index (χ0n) is 14.6. The third kappa shape index (κ3) is 3.49. The molecule has 0 spiro atoms. The van der Waals surface area contributed by atoms with Gasteiger partial charge in [-0.25, -0.2) is 9.97 Å². The second kappa shape index (κ2) is 7.22. The Morgan fingerprint density at radius 3 is 2.77 bits per heavy atom. The Labute approximate surface area is 150 Å². The minimum Gasteiger partial charge on any atom is -0.383 e. The molecule has 0 aliphatic carbocycles. The third-order valence-electron chi connectivity index (χ3n) is 3.91. The van der Waals surface area contributed by atoms with Crippen molar-refractivity contribution in [3.63, 3.8) is 0 Å². The number of nitrogens with two attached hydrogens (primary N) is 1. The molecule has 0 aliphatic rings. The van der Waals surface area contributed by atoms with Crippen LogP contribution in [-0.4, -0.2) is 27.0 Å². The first-order valence-electron chi connectivity index (χ1n) is 8.26. The predicted octanol–water partition coefficient (Wildman–Crippen LogP) is 1.79. The Hall–Kier alpha value is -3.42. The number of rotatable bonds is 5. The Kier molecular flexibility index (Phi) is 4.83. The highest BCUT2D eigenvalue weighted by Gasteiger charge is 2.10. The molecule has 0 fully saturated rings. The molecule has 0 aromatic carbocycles. The maximum atomic E-state index is 12.2. The zero-order valence-corrected chi connectivity index (χ0v) is 14.6. The molecule has 3 aromatic heterocycles. The smallest absolute Gasteiger partial charge is 0.261 e. The molecule has 0 radical (unpaired) electrons. The van der Waals surface area contributed by atoms with Crippen molar-refractivity contribution in [1.82, 2.24) is 19.9 Å². The minimum atomic E-state index is -0.195. The van der Waals surface area contributed by atoms with Gasteiger partial charge >= 0.3 is 0 Å². The van der Waals surface area contributed by atoms with Crippen molar-refractivity contribution < 1.29 is 4.79 Å². The zero-order chi connectivity index (χ0) is 18.7. The summed E-state index contributed by atoms with van der Waals surface area (Å²) >= 11 is 0. The summed E-state index contributed by atoms with van der Waals surface area (Å²) in [7, 11) is 1.66. The van der Waals surface area contributed by atoms with Gasteiger partial charge in [0.15, 0.2) is 0 Å². The summed E-state index contributed by atoms with van der Waals surface area (Å²) in [6.45, 7) is 2.61. The van der Waals surface area contributed by atoms with Crippen LogP contribution in [-0.2, 0) is 7.05 Å². The third-order valence-corrected chi connectivity index (χ3v) is 3.91. The summed E-state index contributed by atoms with van der Waals surface area (Å²) in [5.74, 6) is 0.989. The van der Waals surface area contributed by atoms with E-state index in [1.165, 1.54) is 10.8 Å². The van der Waals surface area contributed by atoms with E-state index in [1.807, 2.05) is 6.92 Å². The van der Waals surface area contributed by atoms with Gasteiger partial charge in [-0.1, -0.05) is 6.92 Å². The van der Waals surface area contributed by atoms with E-state index < -0.39 is 0 Å². The van der Waals surface area contributed by atoms with E-state index in [9.17, 15) is 9.59 Å². The normalized spacial score (nSPS) is 10.7. The molecule has 4 N–H and O–H groups in total. The van der Waals surface area contributed by atoms with Crippen LogP contribution in [0.4, 0.5) is 17.5 Å². The molecule has 0 aliphatic heterocycles. The number of pyridine rings is 3. The maximum absolute atomic E-state index is 12.2. The van der Waals surface area contributed by atoms with E-state index in [2.05, 4.69) is 20.6 Å². The van der Waals surface area contributed by atoms with Crippen LogP contribution in [0.3, 0.4) is 0 Å². The van der Waals surface area contributed by atoms with Gasteiger partial charge in [-0.15, -0.1) is 0 Å². The lowest BCUT2D eigenvalue weighted by Gasteiger charge is -2.09. The summed E-state index contributed by atoms with van der Waals surface area (Å²) in [5, 5.41) is 6.91. The van der Waals surface area contributed by atoms with Gasteiger partial charge in [0.05, 0.1) is 10.9 Å². The largest absolute Gasteiger partial charge is 0.383 e. The summed E-state index contributed by atoms with van der Waals surface area (Å²) in [6.07, 6.45) is 4.04. The standard InChI is InChI=1S/C18H20N6O2/c1-3-7-20-17(25)12-4-5-13(21-10-12)22-14-9-11-6-8-24(2)18(26)15(11)16(19)23-14/h4-6,8-10H,3,7H2,1-2H3,(H,20,25)(H3,19,21,22,23). The van der Waals surface area contributed by atoms with Gasteiger partial charge < -0.3 is 20.9 Å². The lowest BCUT2D eigenvalue weighted by molar-refractivity contribution is 0.0953. The average molecular weight is 352 g/mol. The van der Waals surface area contributed by atoms with Crippen molar-refractivity contribution >= 4 is 34.1 Å². The molecule has 8 heteroatoms. The Morgan fingerprint density at radius 2 is 2.08 bits per heavy atom. The lowest BCUT2D eigenvalue weighted by atomic mass is 10.2. The SMILES string of the molecule is CCCNC(=O)c1ccc(Nc2cc3ccn(C)c(=O)c3c(N)n2)nc1. The van der Waals surface area contributed by atoms with Crippen LogP contribution in [0.25, 0.3) is 10.8 Å². The molecule has 0 saturated carbocycles. The van der Waals surface area contributed by atoms with Gasteiger partial charge in [0.2, 0.25) is 0 Å². The highest BCUT2D eigenvalue weighted by atomic mass is 16.1. The second-order valence-corrected chi connectivity index (χ2v) is 5.90. The number of nitrogens with zero attached hydrogens (tertiary/aromatic N) is 3. The van der Waals surface area contributed by atoms with Crippen molar-refractivity contribution in [3.8, 4) is 0 Å². The summed E-state index contributed by atoms with van der Waals surface area (Å²) < 4.78 is 1.46. The van der Waals surface area contributed by atoms with Crippen molar-refractivity contribution in [2.75, 3.05) is 17.6 Å². The number of nitrogens with one attached hydrogen (secondary N) is 2. The van der Waals surface area contributed by atoms with Gasteiger partial charge in [0, 0.05) is 26.0 Å². The van der Waals surface area contributed by atoms with Gasteiger partial charge in [-0.05, 0) is 36.1 Å². The fourth-order valence-corrected chi connectivity index (χ4v) is 2.52. The van der Waals surface area contributed by atoms with E-state index in [4.69, 9.17) is 5.73 Å². The molecule has 26 heavy (non-hydrogen) atoms. The molecule has 3 aromatic rings. The van der Waals surface area contributed by atoms with Crippen LogP contribution < -0.4 is 21.9 Å². The van der Waals surface area contributed by atoms with Crippen molar-refractivity contribution in [1.29, 1.82) is 0 Å². The highest BCUT2D eigenvalue weighted by Crippen LogP contribution is 2.21. The van der Waals surface area contributed by atoms with E-state index in [-0.39, 0.29) is 17.3 Å². The number of nitrogen functional groups attached to an aromatic ring is 1. The lowest BCUT2D eigenvalue weighted by Crippen LogP contribution is -2.24. The number of hydrogen-bond donors (Lipinski definition) is 3. The number of anilines is 3. The molecule has 3 heterocycles. The number of carbonyl (C=O) groups excluding carboxylic acids is 1. The monoisotopic (exact) mass is 352 g/mol. The van der Waals surface area contributed by atoms with Crippen LogP contribution >= 0.6 is 0 Å². The highest BCUT2D eigenvalue weighted by molar-refractivity contribution is 5.94. The average Bonchev–Trinajstić information content (AvgIpc) is 2.63. The Morgan fingerprint density at radius 1 is 1.27 bits per heavy atom. The molecule has 3 rings (SSSR count). The topological polar surface area (TPSA) is 115 Å². The van der Waals surface area contributed by atoms with Crippen LogP contribution in [0.1, 0.15) is 23.7 Å². The van der Waals surface area contributed by atoms with Crippen LogP contribution in [0, 0.1) is 0 Å². The van der Waals surface area contributed by atoms with E-state index in [0.29, 0.717) is 34.5 Å². The summed E-state index contributed by atoms with van der Waals surface area (Å²) in [6, 6.07) is 6.90. The van der Waals surface area contributed by atoms with Gasteiger partial charge in [-0.3, -0.25) is 9.59 Å².